The summed E-state index contributed by atoms with van der Waals surface area (Å²) in [5.41, 5.74) is 1.20. The van der Waals surface area contributed by atoms with Gasteiger partial charge in [-0.2, -0.15) is 0 Å². The maximum Gasteiger partial charge on any atom is 0.119 e. The van der Waals surface area contributed by atoms with Crippen LogP contribution in [0, 0.1) is 6.92 Å². The van der Waals surface area contributed by atoms with Crippen molar-refractivity contribution in [2.24, 2.45) is 0 Å². The Morgan fingerprint density at radius 1 is 1.44 bits per heavy atom. The van der Waals surface area contributed by atoms with Crippen LogP contribution in [0.3, 0.4) is 0 Å². The van der Waals surface area contributed by atoms with E-state index < -0.39 is 0 Å². The average molecular weight is 223 g/mol. The van der Waals surface area contributed by atoms with Gasteiger partial charge in [-0.15, -0.1) is 0 Å². The molecule has 1 aromatic rings. The second-order valence-corrected chi connectivity index (χ2v) is 3.89. The van der Waals surface area contributed by atoms with E-state index in [9.17, 15) is 0 Å². The Bertz CT molecular complexity index is 302. The Hall–Kier alpha value is -1.06. The molecule has 2 N–H and O–H groups in total. The molecular formula is C13H21NO2. The van der Waals surface area contributed by atoms with Crippen LogP contribution in [-0.2, 0) is 0 Å². The first-order valence-corrected chi connectivity index (χ1v) is 5.80. The van der Waals surface area contributed by atoms with Crippen molar-refractivity contribution in [1.82, 2.24) is 5.32 Å². The van der Waals surface area contributed by atoms with E-state index in [0.29, 0.717) is 6.61 Å². The van der Waals surface area contributed by atoms with Gasteiger partial charge < -0.3 is 15.2 Å². The van der Waals surface area contributed by atoms with Crippen molar-refractivity contribution in [2.75, 3.05) is 19.8 Å². The molecule has 0 saturated carbocycles. The fourth-order valence-electron chi connectivity index (χ4n) is 1.57. The van der Waals surface area contributed by atoms with Gasteiger partial charge in [-0.3, -0.25) is 0 Å². The third kappa shape index (κ3) is 4.64. The lowest BCUT2D eigenvalue weighted by molar-refractivity contribution is 0.210. The summed E-state index contributed by atoms with van der Waals surface area (Å²) in [5.74, 6) is 0.896. The molecule has 3 heteroatoms. The van der Waals surface area contributed by atoms with Gasteiger partial charge in [0.05, 0.1) is 13.2 Å². The molecule has 0 aliphatic carbocycles. The van der Waals surface area contributed by atoms with E-state index >= 15 is 0 Å². The van der Waals surface area contributed by atoms with Crippen molar-refractivity contribution in [2.45, 2.75) is 26.3 Å². The van der Waals surface area contributed by atoms with Crippen molar-refractivity contribution < 1.29 is 9.84 Å². The molecule has 3 nitrogen and oxygen atoms in total. The number of rotatable bonds is 7. The number of hydrogen-bond acceptors (Lipinski definition) is 3. The molecule has 0 aliphatic heterocycles. The normalized spacial score (nSPS) is 12.4. The van der Waals surface area contributed by atoms with E-state index in [2.05, 4.69) is 5.32 Å². The Morgan fingerprint density at radius 3 is 2.88 bits per heavy atom. The molecule has 0 saturated heterocycles. The second kappa shape index (κ2) is 7.25. The average Bonchev–Trinajstić information content (AvgIpc) is 2.28. The summed E-state index contributed by atoms with van der Waals surface area (Å²) in [6.07, 6.45) is 0.818. The SMILES string of the molecule is CCNC(CO)CCOc1cccc(C)c1. The first-order chi connectivity index (χ1) is 7.76. The topological polar surface area (TPSA) is 41.5 Å². The van der Waals surface area contributed by atoms with E-state index in [0.717, 1.165) is 18.7 Å². The molecule has 1 unspecified atom stereocenters. The number of nitrogens with one attached hydrogen (secondary N) is 1. The fourth-order valence-corrected chi connectivity index (χ4v) is 1.57. The van der Waals surface area contributed by atoms with Gasteiger partial charge in [0.25, 0.3) is 0 Å². The van der Waals surface area contributed by atoms with Crippen molar-refractivity contribution >= 4 is 0 Å². The maximum absolute atomic E-state index is 9.08. The number of benzene rings is 1. The Morgan fingerprint density at radius 2 is 2.25 bits per heavy atom. The first-order valence-electron chi connectivity index (χ1n) is 5.80. The van der Waals surface area contributed by atoms with Crippen LogP contribution in [-0.4, -0.2) is 30.9 Å². The predicted molar refractivity (Wildman–Crippen MR) is 65.8 cm³/mol. The second-order valence-electron chi connectivity index (χ2n) is 3.89. The smallest absolute Gasteiger partial charge is 0.119 e. The van der Waals surface area contributed by atoms with Crippen molar-refractivity contribution in [3.63, 3.8) is 0 Å². The highest BCUT2D eigenvalue weighted by molar-refractivity contribution is 5.27. The highest BCUT2D eigenvalue weighted by atomic mass is 16.5. The molecule has 0 bridgehead atoms. The molecule has 0 heterocycles. The van der Waals surface area contributed by atoms with Crippen LogP contribution in [0.1, 0.15) is 18.9 Å². The number of hydrogen-bond donors (Lipinski definition) is 2. The van der Waals surface area contributed by atoms with Crippen LogP contribution in [0.25, 0.3) is 0 Å². The van der Waals surface area contributed by atoms with Gasteiger partial charge in [-0.1, -0.05) is 19.1 Å². The summed E-state index contributed by atoms with van der Waals surface area (Å²) in [4.78, 5) is 0. The van der Waals surface area contributed by atoms with Gasteiger partial charge in [0.1, 0.15) is 5.75 Å². The molecule has 0 aromatic heterocycles. The van der Waals surface area contributed by atoms with Gasteiger partial charge in [0, 0.05) is 6.04 Å². The van der Waals surface area contributed by atoms with E-state index in [1.807, 2.05) is 38.1 Å². The Kier molecular flexibility index (Phi) is 5.90. The third-order valence-corrected chi connectivity index (χ3v) is 2.44. The molecule has 0 aliphatic rings. The van der Waals surface area contributed by atoms with Crippen LogP contribution < -0.4 is 10.1 Å². The summed E-state index contributed by atoms with van der Waals surface area (Å²) in [6.45, 7) is 5.73. The molecule has 0 fully saturated rings. The summed E-state index contributed by atoms with van der Waals surface area (Å²) in [6, 6.07) is 8.13. The van der Waals surface area contributed by atoms with Gasteiger partial charge in [0.15, 0.2) is 0 Å². The van der Waals surface area contributed by atoms with Gasteiger partial charge in [-0.05, 0) is 37.6 Å². The predicted octanol–water partition coefficient (Wildman–Crippen LogP) is 1.73. The van der Waals surface area contributed by atoms with Crippen molar-refractivity contribution in [3.8, 4) is 5.75 Å². The van der Waals surface area contributed by atoms with E-state index in [1.54, 1.807) is 0 Å². The zero-order valence-corrected chi connectivity index (χ0v) is 10.1. The molecule has 16 heavy (non-hydrogen) atoms. The lowest BCUT2D eigenvalue weighted by Gasteiger charge is -2.15. The number of aliphatic hydroxyl groups excluding tert-OH is 1. The van der Waals surface area contributed by atoms with Crippen LogP contribution >= 0.6 is 0 Å². The number of aliphatic hydroxyl groups is 1. The molecule has 1 atom stereocenters. The molecule has 1 rings (SSSR count). The van der Waals surface area contributed by atoms with Gasteiger partial charge >= 0.3 is 0 Å². The summed E-state index contributed by atoms with van der Waals surface area (Å²) < 4.78 is 5.61. The summed E-state index contributed by atoms with van der Waals surface area (Å²) in [5, 5.41) is 12.3. The van der Waals surface area contributed by atoms with Crippen molar-refractivity contribution in [1.29, 1.82) is 0 Å². The Labute approximate surface area is 97.4 Å². The van der Waals surface area contributed by atoms with Crippen molar-refractivity contribution in [3.05, 3.63) is 29.8 Å². The molecule has 0 amide bonds. The Balaban J connectivity index is 2.29. The summed E-state index contributed by atoms with van der Waals surface area (Å²) >= 11 is 0. The van der Waals surface area contributed by atoms with E-state index in [1.165, 1.54) is 5.56 Å². The molecular weight excluding hydrogens is 202 g/mol. The van der Waals surface area contributed by atoms with E-state index in [4.69, 9.17) is 9.84 Å². The number of aryl methyl sites for hydroxylation is 1. The van der Waals surface area contributed by atoms with E-state index in [-0.39, 0.29) is 12.6 Å². The highest BCUT2D eigenvalue weighted by Gasteiger charge is 2.05. The monoisotopic (exact) mass is 223 g/mol. The van der Waals surface area contributed by atoms with Crippen LogP contribution in [0.15, 0.2) is 24.3 Å². The van der Waals surface area contributed by atoms with Crippen LogP contribution in [0.4, 0.5) is 0 Å². The minimum atomic E-state index is 0.134. The molecule has 1 aromatic carbocycles. The lowest BCUT2D eigenvalue weighted by atomic mass is 10.2. The first kappa shape index (κ1) is 13.0. The van der Waals surface area contributed by atoms with Gasteiger partial charge in [-0.25, -0.2) is 0 Å². The minimum Gasteiger partial charge on any atom is -0.494 e. The maximum atomic E-state index is 9.08. The largest absolute Gasteiger partial charge is 0.494 e. The molecule has 0 radical (unpaired) electrons. The zero-order chi connectivity index (χ0) is 11.8. The zero-order valence-electron chi connectivity index (χ0n) is 10.1. The molecule has 0 spiro atoms. The minimum absolute atomic E-state index is 0.134. The standard InChI is InChI=1S/C13H21NO2/c1-3-14-12(10-15)7-8-16-13-6-4-5-11(2)9-13/h4-6,9,12,14-15H,3,7-8,10H2,1-2H3. The lowest BCUT2D eigenvalue weighted by Crippen LogP contribution is -2.33. The fraction of sp³-hybridized carbons (Fsp3) is 0.538. The quantitative estimate of drug-likeness (QED) is 0.739. The number of ether oxygens (including phenoxy) is 1. The van der Waals surface area contributed by atoms with Crippen LogP contribution in [0.2, 0.25) is 0 Å². The molecule has 90 valence electrons. The van der Waals surface area contributed by atoms with Gasteiger partial charge in [0.2, 0.25) is 0 Å². The number of likely N-dealkylation sites (N-methyl/N-ethyl adjacent to an activating group) is 1. The summed E-state index contributed by atoms with van der Waals surface area (Å²) in [7, 11) is 0. The third-order valence-electron chi connectivity index (χ3n) is 2.44. The highest BCUT2D eigenvalue weighted by Crippen LogP contribution is 2.12. The van der Waals surface area contributed by atoms with Crippen LogP contribution in [0.5, 0.6) is 5.75 Å².